The van der Waals surface area contributed by atoms with Crippen LogP contribution < -0.4 is 0 Å². The zero-order valence-corrected chi connectivity index (χ0v) is 19.6. The molecule has 6 heteroatoms. The number of amides is 1. The number of rotatable bonds is 5. The minimum absolute atomic E-state index is 0.0519. The molecule has 27 heavy (non-hydrogen) atoms. The van der Waals surface area contributed by atoms with Gasteiger partial charge < -0.3 is 14.4 Å². The molecular weight excluding hydrogens is 374 g/mol. The average Bonchev–Trinajstić information content (AvgIpc) is 2.59. The molecule has 3 atom stereocenters. The van der Waals surface area contributed by atoms with Gasteiger partial charge in [-0.05, 0) is 61.3 Å². The summed E-state index contributed by atoms with van der Waals surface area (Å²) in [6.45, 7) is 14.5. The Kier molecular flexibility index (Phi) is 7.09. The van der Waals surface area contributed by atoms with Crippen molar-refractivity contribution >= 4 is 26.2 Å². The van der Waals surface area contributed by atoms with Crippen molar-refractivity contribution in [3.63, 3.8) is 0 Å². The highest BCUT2D eigenvalue weighted by atomic mass is 32.2. The fourth-order valence-corrected chi connectivity index (χ4v) is 5.11. The topological polar surface area (TPSA) is 49.8 Å². The van der Waals surface area contributed by atoms with Crippen LogP contribution >= 0.6 is 11.8 Å². The predicted molar refractivity (Wildman–Crippen MR) is 116 cm³/mol. The zero-order chi connectivity index (χ0) is 20.4. The fraction of sp³-hybridized carbons (Fsp3) is 0.667. The molecule has 1 aromatic carbocycles. The second kappa shape index (κ2) is 8.58. The van der Waals surface area contributed by atoms with Gasteiger partial charge in [-0.1, -0.05) is 32.9 Å². The maximum absolute atomic E-state index is 11.7. The molecule has 0 radical (unpaired) electrons. The van der Waals surface area contributed by atoms with E-state index in [1.165, 1.54) is 10.5 Å². The van der Waals surface area contributed by atoms with E-state index in [4.69, 9.17) is 4.43 Å². The van der Waals surface area contributed by atoms with Gasteiger partial charge in [-0.25, -0.2) is 4.79 Å². The van der Waals surface area contributed by atoms with Crippen LogP contribution in [0, 0.1) is 5.92 Å². The summed E-state index contributed by atoms with van der Waals surface area (Å²) in [4.78, 5) is 14.6. The van der Waals surface area contributed by atoms with Crippen molar-refractivity contribution in [3.05, 3.63) is 29.8 Å². The van der Waals surface area contributed by atoms with Crippen LogP contribution in [0.2, 0.25) is 18.1 Å². The first-order valence-electron chi connectivity index (χ1n) is 9.75. The fourth-order valence-electron chi connectivity index (χ4n) is 3.60. The number of likely N-dealkylation sites (tertiary alicyclic amines) is 1. The predicted octanol–water partition coefficient (Wildman–Crippen LogP) is 5.90. The molecule has 1 fully saturated rings. The molecule has 1 heterocycles. The second-order valence-electron chi connectivity index (χ2n) is 9.12. The maximum Gasteiger partial charge on any atom is 0.407 e. The Morgan fingerprint density at radius 1 is 1.37 bits per heavy atom. The van der Waals surface area contributed by atoms with Crippen LogP contribution in [0.1, 0.15) is 45.6 Å². The molecule has 0 bridgehead atoms. The van der Waals surface area contributed by atoms with Gasteiger partial charge in [-0.2, -0.15) is 0 Å². The van der Waals surface area contributed by atoms with E-state index < -0.39 is 14.4 Å². The Hall–Kier alpha value is -0.983. The Labute approximate surface area is 169 Å². The van der Waals surface area contributed by atoms with Gasteiger partial charge in [0.15, 0.2) is 8.32 Å². The quantitative estimate of drug-likeness (QED) is 0.486. The van der Waals surface area contributed by atoms with Crippen LogP contribution in [-0.4, -0.2) is 49.9 Å². The van der Waals surface area contributed by atoms with E-state index in [0.717, 1.165) is 6.42 Å². The molecular formula is C21H35NO3SSi. The highest BCUT2D eigenvalue weighted by molar-refractivity contribution is 7.98. The van der Waals surface area contributed by atoms with Crippen LogP contribution in [0.5, 0.6) is 0 Å². The molecule has 1 amide bonds. The number of piperidine rings is 1. The Morgan fingerprint density at radius 2 is 2.04 bits per heavy atom. The van der Waals surface area contributed by atoms with Crippen LogP contribution in [0.4, 0.5) is 4.79 Å². The van der Waals surface area contributed by atoms with Gasteiger partial charge in [0.1, 0.15) is 0 Å². The lowest BCUT2D eigenvalue weighted by atomic mass is 9.77. The normalized spacial score (nSPS) is 24.1. The third kappa shape index (κ3) is 5.09. The van der Waals surface area contributed by atoms with Crippen molar-refractivity contribution in [3.8, 4) is 0 Å². The molecule has 4 nitrogen and oxygen atoms in total. The van der Waals surface area contributed by atoms with Crippen LogP contribution in [0.25, 0.3) is 0 Å². The monoisotopic (exact) mass is 409 g/mol. The lowest BCUT2D eigenvalue weighted by molar-refractivity contribution is 0.0517. The Balaban J connectivity index is 2.29. The number of benzene rings is 1. The van der Waals surface area contributed by atoms with E-state index in [2.05, 4.69) is 64.4 Å². The smallest absolute Gasteiger partial charge is 0.407 e. The van der Waals surface area contributed by atoms with Crippen molar-refractivity contribution < 1.29 is 14.3 Å². The molecule has 1 aliphatic rings. The Morgan fingerprint density at radius 3 is 2.59 bits per heavy atom. The van der Waals surface area contributed by atoms with Gasteiger partial charge in [-0.3, -0.25) is 0 Å². The number of hydrogen-bond acceptors (Lipinski definition) is 3. The first kappa shape index (κ1) is 22.3. The van der Waals surface area contributed by atoms with Crippen molar-refractivity contribution in [2.75, 3.05) is 19.4 Å². The van der Waals surface area contributed by atoms with Gasteiger partial charge in [0.2, 0.25) is 0 Å². The molecule has 1 aromatic rings. The van der Waals surface area contributed by atoms with E-state index in [-0.39, 0.29) is 17.0 Å². The molecule has 0 aliphatic carbocycles. The number of thioether (sulfide) groups is 1. The molecule has 0 saturated carbocycles. The van der Waals surface area contributed by atoms with E-state index in [0.29, 0.717) is 19.1 Å². The molecule has 0 spiro atoms. The van der Waals surface area contributed by atoms with E-state index >= 15 is 0 Å². The van der Waals surface area contributed by atoms with E-state index in [1.807, 2.05) is 6.92 Å². The van der Waals surface area contributed by atoms with Gasteiger partial charge in [-0.15, -0.1) is 11.8 Å². The van der Waals surface area contributed by atoms with Gasteiger partial charge in [0.25, 0.3) is 0 Å². The summed E-state index contributed by atoms with van der Waals surface area (Å²) in [5, 5.41) is 9.76. The summed E-state index contributed by atoms with van der Waals surface area (Å²) in [5.41, 5.74) is 1.31. The first-order valence-corrected chi connectivity index (χ1v) is 13.9. The minimum atomic E-state index is -1.89. The lowest BCUT2D eigenvalue weighted by Gasteiger charge is -2.45. The molecule has 152 valence electrons. The van der Waals surface area contributed by atoms with Crippen molar-refractivity contribution in [1.29, 1.82) is 0 Å². The molecule has 0 aromatic heterocycles. The SMILES string of the molecule is CSc1cccc(C2CCN(C(=O)O)[C@H](C)[C@H]2CO[Si](C)(C)C(C)(C)C)c1. The average molecular weight is 410 g/mol. The minimum Gasteiger partial charge on any atom is -0.465 e. The summed E-state index contributed by atoms with van der Waals surface area (Å²) >= 11 is 1.75. The zero-order valence-electron chi connectivity index (χ0n) is 17.8. The Bertz CT molecular complexity index is 659. The standard InChI is InChI=1S/C21H35NO3SSi/c1-15-19(14-25-27(6,7)21(2,3)4)18(11-12-22(15)20(23)24)16-9-8-10-17(13-16)26-5/h8-10,13,15,18-19H,11-12,14H2,1-7H3,(H,23,24)/t15-,18?,19-/m1/s1. The number of nitrogens with zero attached hydrogens (tertiary/aromatic N) is 1. The highest BCUT2D eigenvalue weighted by Gasteiger charge is 2.42. The molecule has 2 rings (SSSR count). The van der Waals surface area contributed by atoms with Crippen LogP contribution in [0.15, 0.2) is 29.2 Å². The van der Waals surface area contributed by atoms with Crippen molar-refractivity contribution in [2.45, 2.75) is 69.1 Å². The van der Waals surface area contributed by atoms with Crippen molar-refractivity contribution in [2.24, 2.45) is 5.92 Å². The largest absolute Gasteiger partial charge is 0.465 e. The van der Waals surface area contributed by atoms with Crippen molar-refractivity contribution in [1.82, 2.24) is 4.90 Å². The molecule has 1 aliphatic heterocycles. The number of carboxylic acid groups (broad SMARTS) is 1. The molecule has 1 N–H and O–H groups in total. The van der Waals surface area contributed by atoms with E-state index in [1.54, 1.807) is 16.7 Å². The van der Waals surface area contributed by atoms with Gasteiger partial charge >= 0.3 is 6.09 Å². The molecule has 1 saturated heterocycles. The number of hydrogen-bond donors (Lipinski definition) is 1. The summed E-state index contributed by atoms with van der Waals surface area (Å²) < 4.78 is 6.55. The molecule has 1 unspecified atom stereocenters. The van der Waals surface area contributed by atoms with E-state index in [9.17, 15) is 9.90 Å². The van der Waals surface area contributed by atoms with Gasteiger partial charge in [0.05, 0.1) is 0 Å². The summed E-state index contributed by atoms with van der Waals surface area (Å²) in [6.07, 6.45) is 2.11. The van der Waals surface area contributed by atoms with Gasteiger partial charge in [0, 0.05) is 30.0 Å². The third-order valence-corrected chi connectivity index (χ3v) is 11.7. The lowest BCUT2D eigenvalue weighted by Crippen LogP contribution is -2.52. The van der Waals surface area contributed by atoms with Crippen LogP contribution in [-0.2, 0) is 4.43 Å². The highest BCUT2D eigenvalue weighted by Crippen LogP contribution is 2.41. The third-order valence-electron chi connectivity index (χ3n) is 6.52. The second-order valence-corrected chi connectivity index (χ2v) is 14.8. The summed E-state index contributed by atoms with van der Waals surface area (Å²) in [6, 6.07) is 8.64. The maximum atomic E-state index is 11.7. The summed E-state index contributed by atoms with van der Waals surface area (Å²) in [7, 11) is -1.89. The first-order chi connectivity index (χ1) is 12.5. The van der Waals surface area contributed by atoms with Crippen LogP contribution in [0.3, 0.4) is 0 Å². The number of carbonyl (C=O) groups is 1. The summed E-state index contributed by atoms with van der Waals surface area (Å²) in [5.74, 6) is 0.494.